The Kier molecular flexibility index (Phi) is 8.31. The first-order chi connectivity index (χ1) is 18.1. The minimum Gasteiger partial charge on any atom is -0.370 e. The zero-order valence-electron chi connectivity index (χ0n) is 20.0. The van der Waals surface area contributed by atoms with Gasteiger partial charge in [-0.3, -0.25) is 14.4 Å². The van der Waals surface area contributed by atoms with E-state index in [2.05, 4.69) is 20.7 Å². The molecule has 0 bridgehead atoms. The number of amides is 3. The SMILES string of the molecule is Cc1c(C(=O)Nc2cc(C(=O)NCCC(N)=O)ccn2)nn(-c2ccc(Cl)cc2Cl)c1-c1ccc(Cl)cc1. The number of nitrogens with one attached hydrogen (secondary N) is 2. The van der Waals surface area contributed by atoms with Crippen molar-refractivity contribution < 1.29 is 14.4 Å². The average molecular weight is 572 g/mol. The Bertz CT molecular complexity index is 1540. The fourth-order valence-corrected chi connectivity index (χ4v) is 4.32. The molecule has 4 N–H and O–H groups in total. The van der Waals surface area contributed by atoms with Crippen molar-refractivity contribution in [3.8, 4) is 16.9 Å². The van der Waals surface area contributed by atoms with Gasteiger partial charge < -0.3 is 16.4 Å². The monoisotopic (exact) mass is 570 g/mol. The van der Waals surface area contributed by atoms with E-state index in [1.807, 2.05) is 12.1 Å². The van der Waals surface area contributed by atoms with E-state index in [4.69, 9.17) is 40.5 Å². The molecular weight excluding hydrogens is 551 g/mol. The van der Waals surface area contributed by atoms with Crippen LogP contribution in [0.1, 0.15) is 32.8 Å². The summed E-state index contributed by atoms with van der Waals surface area (Å²) in [5.74, 6) is -1.36. The van der Waals surface area contributed by atoms with Crippen LogP contribution in [0.5, 0.6) is 0 Å². The van der Waals surface area contributed by atoms with Crippen molar-refractivity contribution in [2.45, 2.75) is 13.3 Å². The van der Waals surface area contributed by atoms with Gasteiger partial charge in [-0.1, -0.05) is 46.9 Å². The lowest BCUT2D eigenvalue weighted by Gasteiger charge is -2.11. The van der Waals surface area contributed by atoms with Crippen LogP contribution in [0.2, 0.25) is 15.1 Å². The molecule has 0 atom stereocenters. The summed E-state index contributed by atoms with van der Waals surface area (Å²) >= 11 is 18.6. The highest BCUT2D eigenvalue weighted by Crippen LogP contribution is 2.33. The molecule has 0 spiro atoms. The Morgan fingerprint density at radius 3 is 2.34 bits per heavy atom. The molecule has 2 aromatic carbocycles. The number of hydrogen-bond donors (Lipinski definition) is 3. The van der Waals surface area contributed by atoms with Gasteiger partial charge in [0.15, 0.2) is 5.69 Å². The number of halogens is 3. The molecular formula is C26H21Cl3N6O3. The number of carbonyl (C=O) groups is 3. The van der Waals surface area contributed by atoms with Crippen LogP contribution < -0.4 is 16.4 Å². The number of benzene rings is 2. The molecule has 2 heterocycles. The number of nitrogens with two attached hydrogens (primary N) is 1. The van der Waals surface area contributed by atoms with Gasteiger partial charge in [0.25, 0.3) is 11.8 Å². The van der Waals surface area contributed by atoms with Crippen molar-refractivity contribution >= 4 is 58.3 Å². The second kappa shape index (κ2) is 11.6. The largest absolute Gasteiger partial charge is 0.370 e. The van der Waals surface area contributed by atoms with Gasteiger partial charge in [0.05, 0.1) is 16.4 Å². The summed E-state index contributed by atoms with van der Waals surface area (Å²) in [4.78, 5) is 40.7. The summed E-state index contributed by atoms with van der Waals surface area (Å²) in [6, 6.07) is 15.0. The van der Waals surface area contributed by atoms with Crippen LogP contribution >= 0.6 is 34.8 Å². The Balaban J connectivity index is 1.68. The summed E-state index contributed by atoms with van der Waals surface area (Å²) in [5.41, 5.74) is 7.96. The van der Waals surface area contributed by atoms with E-state index in [1.54, 1.807) is 41.9 Å². The van der Waals surface area contributed by atoms with E-state index >= 15 is 0 Å². The van der Waals surface area contributed by atoms with Crippen molar-refractivity contribution in [1.82, 2.24) is 20.1 Å². The highest BCUT2D eigenvalue weighted by molar-refractivity contribution is 6.35. The quantitative estimate of drug-likeness (QED) is 0.272. The molecule has 0 radical (unpaired) electrons. The van der Waals surface area contributed by atoms with Crippen molar-refractivity contribution in [2.75, 3.05) is 11.9 Å². The predicted octanol–water partition coefficient (Wildman–Crippen LogP) is 5.06. The molecule has 0 fully saturated rings. The van der Waals surface area contributed by atoms with Gasteiger partial charge in [-0.15, -0.1) is 0 Å². The number of aromatic nitrogens is 3. The molecule has 0 unspecified atom stereocenters. The summed E-state index contributed by atoms with van der Waals surface area (Å²) < 4.78 is 1.57. The van der Waals surface area contributed by atoms with Crippen LogP contribution in [0.15, 0.2) is 60.8 Å². The van der Waals surface area contributed by atoms with Gasteiger partial charge in [0, 0.05) is 45.9 Å². The Labute approximate surface area is 232 Å². The maximum atomic E-state index is 13.3. The fourth-order valence-electron chi connectivity index (χ4n) is 3.70. The van der Waals surface area contributed by atoms with Crippen LogP contribution in [-0.2, 0) is 4.79 Å². The molecule has 0 aliphatic rings. The minimum atomic E-state index is -0.541. The molecule has 38 heavy (non-hydrogen) atoms. The zero-order valence-corrected chi connectivity index (χ0v) is 22.2. The number of rotatable bonds is 8. The van der Waals surface area contributed by atoms with Gasteiger partial charge in [0.1, 0.15) is 5.82 Å². The number of nitrogens with zero attached hydrogens (tertiary/aromatic N) is 3. The Morgan fingerprint density at radius 2 is 1.66 bits per heavy atom. The fraction of sp³-hybridized carbons (Fsp3) is 0.115. The van der Waals surface area contributed by atoms with Crippen molar-refractivity contribution in [3.63, 3.8) is 0 Å². The first-order valence-electron chi connectivity index (χ1n) is 11.3. The minimum absolute atomic E-state index is 0.00986. The van der Waals surface area contributed by atoms with E-state index in [9.17, 15) is 14.4 Å². The molecule has 0 saturated heterocycles. The Morgan fingerprint density at radius 1 is 0.947 bits per heavy atom. The highest BCUT2D eigenvalue weighted by atomic mass is 35.5. The number of primary amides is 1. The van der Waals surface area contributed by atoms with E-state index in [1.165, 1.54) is 18.3 Å². The molecule has 4 rings (SSSR count). The molecule has 3 amide bonds. The summed E-state index contributed by atoms with van der Waals surface area (Å²) in [6.07, 6.45) is 1.40. The first-order valence-corrected chi connectivity index (χ1v) is 12.4. The second-order valence-electron chi connectivity index (χ2n) is 8.19. The lowest BCUT2D eigenvalue weighted by atomic mass is 10.1. The molecule has 0 aliphatic carbocycles. The van der Waals surface area contributed by atoms with Gasteiger partial charge in [-0.05, 0) is 49.4 Å². The molecule has 0 saturated carbocycles. The third-order valence-electron chi connectivity index (χ3n) is 5.51. The molecule has 0 aliphatic heterocycles. The van der Waals surface area contributed by atoms with Gasteiger partial charge in [-0.25, -0.2) is 9.67 Å². The molecule has 12 heteroatoms. The second-order valence-corrected chi connectivity index (χ2v) is 9.47. The number of hydrogen-bond acceptors (Lipinski definition) is 5. The van der Waals surface area contributed by atoms with Crippen LogP contribution in [0.25, 0.3) is 16.9 Å². The van der Waals surface area contributed by atoms with Gasteiger partial charge in [-0.2, -0.15) is 5.10 Å². The lowest BCUT2D eigenvalue weighted by Crippen LogP contribution is -2.28. The van der Waals surface area contributed by atoms with Crippen molar-refractivity contribution in [1.29, 1.82) is 0 Å². The molecule has 194 valence electrons. The predicted molar refractivity (Wildman–Crippen MR) is 147 cm³/mol. The first kappa shape index (κ1) is 27.1. The normalized spacial score (nSPS) is 10.7. The van der Waals surface area contributed by atoms with Gasteiger partial charge in [0.2, 0.25) is 5.91 Å². The van der Waals surface area contributed by atoms with Crippen molar-refractivity contribution in [2.24, 2.45) is 5.73 Å². The molecule has 2 aromatic heterocycles. The van der Waals surface area contributed by atoms with E-state index in [0.717, 1.165) is 5.56 Å². The number of pyridine rings is 1. The molecule has 4 aromatic rings. The van der Waals surface area contributed by atoms with E-state index in [-0.39, 0.29) is 30.0 Å². The maximum Gasteiger partial charge on any atom is 0.277 e. The number of carbonyl (C=O) groups excluding carboxylic acids is 3. The van der Waals surface area contributed by atoms with Gasteiger partial charge >= 0.3 is 0 Å². The smallest absolute Gasteiger partial charge is 0.277 e. The zero-order chi connectivity index (χ0) is 27.4. The van der Waals surface area contributed by atoms with Crippen LogP contribution in [0.3, 0.4) is 0 Å². The summed E-state index contributed by atoms with van der Waals surface area (Å²) in [6.45, 7) is 1.86. The van der Waals surface area contributed by atoms with Crippen LogP contribution in [0, 0.1) is 6.92 Å². The third kappa shape index (κ3) is 6.13. The number of anilines is 1. The average Bonchev–Trinajstić information content (AvgIpc) is 3.21. The Hall–Kier alpha value is -3.92. The third-order valence-corrected chi connectivity index (χ3v) is 6.30. The standard InChI is InChI=1S/C26H21Cl3N6O3/c1-14-23(26(38)33-22-12-16(8-10-31-22)25(37)32-11-9-21(30)36)34-35(20-7-6-18(28)13-19(20)29)24(14)15-2-4-17(27)5-3-15/h2-8,10,12-13H,9,11H2,1H3,(H2,30,36)(H,32,37)(H,31,33,38). The topological polar surface area (TPSA) is 132 Å². The maximum absolute atomic E-state index is 13.3. The van der Waals surface area contributed by atoms with Crippen molar-refractivity contribution in [3.05, 3.63) is 92.7 Å². The van der Waals surface area contributed by atoms with Crippen LogP contribution in [0.4, 0.5) is 5.82 Å². The van der Waals surface area contributed by atoms with E-state index < -0.39 is 17.7 Å². The summed E-state index contributed by atoms with van der Waals surface area (Å²) in [7, 11) is 0. The molecule has 9 nitrogen and oxygen atoms in total. The van der Waals surface area contributed by atoms with Crippen LogP contribution in [-0.4, -0.2) is 39.0 Å². The highest BCUT2D eigenvalue weighted by Gasteiger charge is 2.24. The van der Waals surface area contributed by atoms with E-state index in [0.29, 0.717) is 32.0 Å². The lowest BCUT2D eigenvalue weighted by molar-refractivity contribution is -0.117. The summed E-state index contributed by atoms with van der Waals surface area (Å²) in [5, 5.41) is 11.2.